The van der Waals surface area contributed by atoms with Crippen LogP contribution < -0.4 is 5.32 Å². The normalized spacial score (nSPS) is 28.3. The van der Waals surface area contributed by atoms with Gasteiger partial charge in [0.05, 0.1) is 11.5 Å². The number of nitrogens with zero attached hydrogens (tertiary/aromatic N) is 2. The SMILES string of the molecule is CCCNC(=NCC1CCS(=O)(=O)C1)N1CCSC(C(C)C)C1. The molecule has 0 radical (unpaired) electrons. The molecular weight excluding hydrogens is 330 g/mol. The third-order valence-electron chi connectivity index (χ3n) is 4.50. The summed E-state index contributed by atoms with van der Waals surface area (Å²) >= 11 is 2.06. The lowest BCUT2D eigenvalue weighted by atomic mass is 10.1. The third kappa shape index (κ3) is 5.85. The summed E-state index contributed by atoms with van der Waals surface area (Å²) in [4.78, 5) is 7.15. The Labute approximate surface area is 145 Å². The average Bonchev–Trinajstić information content (AvgIpc) is 2.86. The van der Waals surface area contributed by atoms with Gasteiger partial charge in [-0.2, -0.15) is 11.8 Å². The van der Waals surface area contributed by atoms with E-state index in [1.165, 1.54) is 0 Å². The Morgan fingerprint density at radius 2 is 2.22 bits per heavy atom. The largest absolute Gasteiger partial charge is 0.356 e. The molecule has 0 spiro atoms. The molecule has 2 unspecified atom stereocenters. The number of hydrogen-bond acceptors (Lipinski definition) is 4. The van der Waals surface area contributed by atoms with Crippen LogP contribution in [0.2, 0.25) is 0 Å². The predicted octanol–water partition coefficient (Wildman–Crippen LogP) is 1.85. The van der Waals surface area contributed by atoms with Gasteiger partial charge in [-0.25, -0.2) is 8.42 Å². The van der Waals surface area contributed by atoms with Gasteiger partial charge in [-0.3, -0.25) is 4.99 Å². The minimum atomic E-state index is -2.81. The first-order valence-corrected chi connectivity index (χ1v) is 11.6. The molecule has 0 aromatic carbocycles. The zero-order valence-corrected chi connectivity index (χ0v) is 16.3. The zero-order chi connectivity index (χ0) is 16.9. The molecule has 2 heterocycles. The van der Waals surface area contributed by atoms with Crippen molar-refractivity contribution in [3.8, 4) is 0 Å². The van der Waals surface area contributed by atoms with Crippen molar-refractivity contribution in [3.05, 3.63) is 0 Å². The Hall–Kier alpha value is -0.430. The summed E-state index contributed by atoms with van der Waals surface area (Å²) in [7, 11) is -2.81. The van der Waals surface area contributed by atoms with Crippen LogP contribution in [0.1, 0.15) is 33.6 Å². The molecule has 2 aliphatic heterocycles. The molecule has 0 bridgehead atoms. The molecule has 134 valence electrons. The molecule has 0 amide bonds. The van der Waals surface area contributed by atoms with Crippen molar-refractivity contribution in [1.29, 1.82) is 0 Å². The van der Waals surface area contributed by atoms with Crippen LogP contribution in [-0.4, -0.2) is 68.0 Å². The summed E-state index contributed by atoms with van der Waals surface area (Å²) < 4.78 is 23.2. The standard InChI is InChI=1S/C16H31N3O2S2/c1-4-6-17-16(18-10-14-5-9-23(20,21)12-14)19-7-8-22-15(11-19)13(2)3/h13-15H,4-12H2,1-3H3,(H,17,18). The number of aliphatic imine (C=N–C) groups is 1. The van der Waals surface area contributed by atoms with Gasteiger partial charge in [0, 0.05) is 37.2 Å². The predicted molar refractivity (Wildman–Crippen MR) is 100 cm³/mol. The summed E-state index contributed by atoms with van der Waals surface area (Å²) in [6.45, 7) is 10.3. The lowest BCUT2D eigenvalue weighted by molar-refractivity contribution is 0.379. The van der Waals surface area contributed by atoms with Gasteiger partial charge in [-0.05, 0) is 24.7 Å². The summed E-state index contributed by atoms with van der Waals surface area (Å²) in [6.07, 6.45) is 1.82. The van der Waals surface area contributed by atoms with Crippen molar-refractivity contribution in [2.45, 2.75) is 38.9 Å². The van der Waals surface area contributed by atoms with E-state index in [0.717, 1.165) is 44.2 Å². The zero-order valence-electron chi connectivity index (χ0n) is 14.6. The van der Waals surface area contributed by atoms with E-state index >= 15 is 0 Å². The van der Waals surface area contributed by atoms with E-state index in [1.807, 2.05) is 0 Å². The molecule has 7 heteroatoms. The molecule has 0 aliphatic carbocycles. The Morgan fingerprint density at radius 1 is 1.43 bits per heavy atom. The van der Waals surface area contributed by atoms with E-state index in [1.54, 1.807) is 0 Å². The Morgan fingerprint density at radius 3 is 2.83 bits per heavy atom. The maximum absolute atomic E-state index is 11.6. The van der Waals surface area contributed by atoms with Gasteiger partial charge in [0.25, 0.3) is 0 Å². The van der Waals surface area contributed by atoms with Gasteiger partial charge in [-0.1, -0.05) is 20.8 Å². The first kappa shape index (κ1) is 18.9. The average molecular weight is 362 g/mol. The molecule has 2 saturated heterocycles. The van der Waals surface area contributed by atoms with Gasteiger partial charge in [0.1, 0.15) is 0 Å². The highest BCUT2D eigenvalue weighted by atomic mass is 32.2. The van der Waals surface area contributed by atoms with Crippen molar-refractivity contribution >= 4 is 27.6 Å². The summed E-state index contributed by atoms with van der Waals surface area (Å²) in [5.74, 6) is 3.60. The van der Waals surface area contributed by atoms with E-state index < -0.39 is 9.84 Å². The minimum absolute atomic E-state index is 0.193. The van der Waals surface area contributed by atoms with Crippen LogP contribution in [0.5, 0.6) is 0 Å². The van der Waals surface area contributed by atoms with Crippen LogP contribution in [0, 0.1) is 11.8 Å². The first-order chi connectivity index (χ1) is 10.9. The van der Waals surface area contributed by atoms with Crippen LogP contribution in [0.15, 0.2) is 4.99 Å². The lowest BCUT2D eigenvalue weighted by Gasteiger charge is -2.36. The molecule has 0 saturated carbocycles. The van der Waals surface area contributed by atoms with E-state index in [2.05, 4.69) is 42.7 Å². The second-order valence-electron chi connectivity index (χ2n) is 6.96. The van der Waals surface area contributed by atoms with E-state index in [9.17, 15) is 8.42 Å². The fourth-order valence-corrected chi connectivity index (χ4v) is 6.16. The lowest BCUT2D eigenvalue weighted by Crippen LogP contribution is -2.49. The number of hydrogen-bond donors (Lipinski definition) is 1. The van der Waals surface area contributed by atoms with Crippen LogP contribution in [0.25, 0.3) is 0 Å². The second kappa shape index (κ2) is 8.60. The maximum Gasteiger partial charge on any atom is 0.193 e. The van der Waals surface area contributed by atoms with E-state index in [-0.39, 0.29) is 5.92 Å². The third-order valence-corrected chi connectivity index (χ3v) is 7.87. The van der Waals surface area contributed by atoms with Gasteiger partial charge >= 0.3 is 0 Å². The van der Waals surface area contributed by atoms with Crippen molar-refractivity contribution < 1.29 is 8.42 Å². The fourth-order valence-electron chi connectivity index (χ4n) is 3.01. The summed E-state index contributed by atoms with van der Waals surface area (Å²) in [5.41, 5.74) is 0. The molecule has 2 aliphatic rings. The smallest absolute Gasteiger partial charge is 0.193 e. The minimum Gasteiger partial charge on any atom is -0.356 e. The topological polar surface area (TPSA) is 61.8 Å². The molecule has 23 heavy (non-hydrogen) atoms. The van der Waals surface area contributed by atoms with Gasteiger partial charge < -0.3 is 10.2 Å². The highest BCUT2D eigenvalue weighted by Crippen LogP contribution is 2.25. The number of thioether (sulfide) groups is 1. The molecule has 2 atom stereocenters. The number of nitrogens with one attached hydrogen (secondary N) is 1. The van der Waals surface area contributed by atoms with Crippen molar-refractivity contribution in [3.63, 3.8) is 0 Å². The Balaban J connectivity index is 1.99. The van der Waals surface area contributed by atoms with Crippen LogP contribution >= 0.6 is 11.8 Å². The fraction of sp³-hybridized carbons (Fsp3) is 0.938. The quantitative estimate of drug-likeness (QED) is 0.598. The second-order valence-corrected chi connectivity index (χ2v) is 10.5. The van der Waals surface area contributed by atoms with Crippen LogP contribution in [0.4, 0.5) is 0 Å². The highest BCUT2D eigenvalue weighted by Gasteiger charge is 2.29. The monoisotopic (exact) mass is 361 g/mol. The molecule has 2 fully saturated rings. The Kier molecular flexibility index (Phi) is 7.07. The van der Waals surface area contributed by atoms with Gasteiger partial charge in [-0.15, -0.1) is 0 Å². The van der Waals surface area contributed by atoms with Crippen molar-refractivity contribution in [2.24, 2.45) is 16.8 Å². The molecule has 1 N–H and O–H groups in total. The van der Waals surface area contributed by atoms with Crippen molar-refractivity contribution in [2.75, 3.05) is 43.4 Å². The molecule has 0 aromatic heterocycles. The van der Waals surface area contributed by atoms with E-state index in [0.29, 0.717) is 29.2 Å². The molecule has 5 nitrogen and oxygen atoms in total. The number of sulfone groups is 1. The number of rotatable bonds is 5. The van der Waals surface area contributed by atoms with Gasteiger partial charge in [0.2, 0.25) is 0 Å². The van der Waals surface area contributed by atoms with Gasteiger partial charge in [0.15, 0.2) is 15.8 Å². The number of guanidine groups is 1. The maximum atomic E-state index is 11.6. The van der Waals surface area contributed by atoms with E-state index in [4.69, 9.17) is 4.99 Å². The molecule has 0 aromatic rings. The summed E-state index contributed by atoms with van der Waals surface area (Å²) in [5, 5.41) is 4.10. The Bertz CT molecular complexity index is 505. The van der Waals surface area contributed by atoms with Crippen LogP contribution in [0.3, 0.4) is 0 Å². The summed E-state index contributed by atoms with van der Waals surface area (Å²) in [6, 6.07) is 0. The van der Waals surface area contributed by atoms with Crippen LogP contribution in [-0.2, 0) is 9.84 Å². The molecular formula is C16H31N3O2S2. The van der Waals surface area contributed by atoms with Crippen molar-refractivity contribution in [1.82, 2.24) is 10.2 Å². The highest BCUT2D eigenvalue weighted by molar-refractivity contribution is 8.00. The molecule has 2 rings (SSSR count). The first-order valence-electron chi connectivity index (χ1n) is 8.76.